The first-order valence-corrected chi connectivity index (χ1v) is 7.15. The molecule has 3 nitrogen and oxygen atoms in total. The van der Waals surface area contributed by atoms with E-state index in [1.165, 1.54) is 12.1 Å². The molecule has 0 spiro atoms. The first kappa shape index (κ1) is 14.9. The molecular weight excluding hydrogens is 361 g/mol. The first-order valence-electron chi connectivity index (χ1n) is 6.36. The Hall–Kier alpha value is -2.02. The number of fused-ring (bicyclic) bond motifs is 1. The smallest absolute Gasteiger partial charge is 0.406 e. The van der Waals surface area contributed by atoms with E-state index in [4.69, 9.17) is 0 Å². The summed E-state index contributed by atoms with van der Waals surface area (Å²) in [4.78, 5) is 6.09. The minimum atomic E-state index is -4.69. The molecular formula is C15H10BrF3N2O. The molecule has 1 aliphatic heterocycles. The van der Waals surface area contributed by atoms with Crippen LogP contribution in [0.2, 0.25) is 0 Å². The lowest BCUT2D eigenvalue weighted by Gasteiger charge is -2.26. The molecule has 1 heterocycles. The summed E-state index contributed by atoms with van der Waals surface area (Å²) >= 11 is 3.41. The van der Waals surface area contributed by atoms with Crippen LogP contribution in [0.25, 0.3) is 0 Å². The van der Waals surface area contributed by atoms with Crippen LogP contribution in [0, 0.1) is 0 Å². The summed E-state index contributed by atoms with van der Waals surface area (Å²) in [6, 6.07) is 11.5. The summed E-state index contributed by atoms with van der Waals surface area (Å²) in [5.41, 5.74) is 2.69. The molecule has 0 atom stereocenters. The van der Waals surface area contributed by atoms with E-state index in [2.05, 4.69) is 25.7 Å². The number of hydrogen-bond acceptors (Lipinski definition) is 3. The van der Waals surface area contributed by atoms with Crippen molar-refractivity contribution in [2.24, 2.45) is 4.99 Å². The van der Waals surface area contributed by atoms with Crippen LogP contribution >= 0.6 is 15.9 Å². The van der Waals surface area contributed by atoms with Crippen molar-refractivity contribution < 1.29 is 17.9 Å². The molecule has 0 amide bonds. The highest BCUT2D eigenvalue weighted by molar-refractivity contribution is 9.10. The van der Waals surface area contributed by atoms with Crippen molar-refractivity contribution >= 4 is 33.6 Å². The number of hydrogen-bond donors (Lipinski definition) is 0. The predicted octanol–water partition coefficient (Wildman–Crippen LogP) is 5.03. The molecule has 0 bridgehead atoms. The van der Waals surface area contributed by atoms with E-state index in [9.17, 15) is 13.2 Å². The Morgan fingerprint density at radius 1 is 1.09 bits per heavy atom. The van der Waals surface area contributed by atoms with Crippen LogP contribution in [0.4, 0.5) is 24.5 Å². The fourth-order valence-electron chi connectivity index (χ4n) is 2.21. The number of ether oxygens (including phenoxy) is 1. The second-order valence-corrected chi connectivity index (χ2v) is 5.56. The van der Waals surface area contributed by atoms with Crippen LogP contribution in [0.15, 0.2) is 51.9 Å². The summed E-state index contributed by atoms with van der Waals surface area (Å²) in [5, 5.41) is 0. The minimum Gasteiger partial charge on any atom is -0.406 e. The molecule has 0 aliphatic carbocycles. The second-order valence-electron chi connectivity index (χ2n) is 4.64. The van der Waals surface area contributed by atoms with Crippen LogP contribution in [0.5, 0.6) is 5.75 Å². The van der Waals surface area contributed by atoms with Gasteiger partial charge in [-0.15, -0.1) is 13.2 Å². The third-order valence-corrected chi connectivity index (χ3v) is 3.60. The Kier molecular flexibility index (Phi) is 3.82. The Balaban J connectivity index is 1.89. The van der Waals surface area contributed by atoms with Crippen molar-refractivity contribution in [2.45, 2.75) is 12.9 Å². The maximum Gasteiger partial charge on any atom is 0.573 e. The third-order valence-electron chi connectivity index (χ3n) is 3.11. The number of anilines is 2. The van der Waals surface area contributed by atoms with Gasteiger partial charge in [0, 0.05) is 10.2 Å². The van der Waals surface area contributed by atoms with Gasteiger partial charge in [0.2, 0.25) is 0 Å². The fraction of sp³-hybridized carbons (Fsp3) is 0.133. The van der Waals surface area contributed by atoms with Gasteiger partial charge in [-0.3, -0.25) is 4.99 Å². The summed E-state index contributed by atoms with van der Waals surface area (Å²) in [5.74, 6) is -0.249. The van der Waals surface area contributed by atoms with Crippen molar-refractivity contribution in [1.29, 1.82) is 0 Å². The zero-order chi connectivity index (χ0) is 15.7. The third kappa shape index (κ3) is 3.24. The topological polar surface area (TPSA) is 24.8 Å². The highest BCUT2D eigenvalue weighted by Crippen LogP contribution is 2.33. The Morgan fingerprint density at radius 2 is 1.82 bits per heavy atom. The quantitative estimate of drug-likeness (QED) is 0.740. The van der Waals surface area contributed by atoms with Crippen LogP contribution in [-0.2, 0) is 6.54 Å². The molecule has 0 unspecified atom stereocenters. The Morgan fingerprint density at radius 3 is 2.50 bits per heavy atom. The van der Waals surface area contributed by atoms with E-state index < -0.39 is 6.36 Å². The van der Waals surface area contributed by atoms with Gasteiger partial charge in [0.15, 0.2) is 0 Å². The Bertz CT molecular complexity index is 714. The van der Waals surface area contributed by atoms with Crippen molar-refractivity contribution in [1.82, 2.24) is 0 Å². The van der Waals surface area contributed by atoms with Gasteiger partial charge in [-0.2, -0.15) is 0 Å². The normalized spacial score (nSPS) is 13.9. The van der Waals surface area contributed by atoms with E-state index in [0.29, 0.717) is 12.2 Å². The van der Waals surface area contributed by atoms with Crippen LogP contribution in [0.3, 0.4) is 0 Å². The van der Waals surface area contributed by atoms with Gasteiger partial charge in [0.1, 0.15) is 5.75 Å². The molecule has 114 valence electrons. The molecule has 2 aromatic carbocycles. The predicted molar refractivity (Wildman–Crippen MR) is 81.6 cm³/mol. The van der Waals surface area contributed by atoms with Gasteiger partial charge in [0.05, 0.1) is 18.6 Å². The summed E-state index contributed by atoms with van der Waals surface area (Å²) < 4.78 is 41.3. The standard InChI is InChI=1S/C15H10BrF3N2O/c16-11-1-6-14-10(7-11)8-20-9-21(14)12-2-4-13(5-3-12)22-15(17,18)19/h1-7,9H,8H2. The number of rotatable bonds is 2. The van der Waals surface area contributed by atoms with Crippen molar-refractivity contribution in [3.63, 3.8) is 0 Å². The molecule has 0 N–H and O–H groups in total. The average Bonchev–Trinajstić information content (AvgIpc) is 2.45. The second kappa shape index (κ2) is 5.64. The van der Waals surface area contributed by atoms with Gasteiger partial charge in [-0.25, -0.2) is 0 Å². The molecule has 7 heteroatoms. The summed E-state index contributed by atoms with van der Waals surface area (Å²) in [6.07, 6.45) is -3.02. The van der Waals surface area contributed by atoms with E-state index in [0.717, 1.165) is 15.7 Å². The number of halogens is 4. The van der Waals surface area contributed by atoms with E-state index in [-0.39, 0.29) is 5.75 Å². The summed E-state index contributed by atoms with van der Waals surface area (Å²) in [6.45, 7) is 0.570. The molecule has 0 aromatic heterocycles. The Labute approximate surface area is 133 Å². The number of aliphatic imine (C=N–C) groups is 1. The minimum absolute atomic E-state index is 0.249. The molecule has 1 aliphatic rings. The lowest BCUT2D eigenvalue weighted by Crippen LogP contribution is -2.20. The van der Waals surface area contributed by atoms with Crippen molar-refractivity contribution in [3.05, 3.63) is 52.5 Å². The van der Waals surface area contributed by atoms with Gasteiger partial charge >= 0.3 is 6.36 Å². The highest BCUT2D eigenvalue weighted by atomic mass is 79.9. The van der Waals surface area contributed by atoms with Gasteiger partial charge in [0.25, 0.3) is 0 Å². The van der Waals surface area contributed by atoms with E-state index >= 15 is 0 Å². The first-order chi connectivity index (χ1) is 10.4. The largest absolute Gasteiger partial charge is 0.573 e. The molecule has 0 saturated carbocycles. The lowest BCUT2D eigenvalue weighted by molar-refractivity contribution is -0.274. The maximum absolute atomic E-state index is 12.2. The van der Waals surface area contributed by atoms with Crippen molar-refractivity contribution in [2.75, 3.05) is 4.90 Å². The molecule has 0 radical (unpaired) electrons. The SMILES string of the molecule is FC(F)(F)Oc1ccc(N2C=NCc3cc(Br)ccc32)cc1. The lowest BCUT2D eigenvalue weighted by atomic mass is 10.1. The van der Waals surface area contributed by atoms with Crippen molar-refractivity contribution in [3.8, 4) is 5.75 Å². The zero-order valence-corrected chi connectivity index (χ0v) is 12.7. The van der Waals surface area contributed by atoms with Crippen LogP contribution < -0.4 is 9.64 Å². The molecule has 3 rings (SSSR count). The number of benzene rings is 2. The number of alkyl halides is 3. The summed E-state index contributed by atoms with van der Waals surface area (Å²) in [7, 11) is 0. The van der Waals surface area contributed by atoms with E-state index in [1.54, 1.807) is 18.5 Å². The van der Waals surface area contributed by atoms with Gasteiger partial charge in [-0.1, -0.05) is 15.9 Å². The maximum atomic E-state index is 12.2. The fourth-order valence-corrected chi connectivity index (χ4v) is 2.62. The van der Waals surface area contributed by atoms with Crippen LogP contribution in [0.1, 0.15) is 5.56 Å². The molecule has 22 heavy (non-hydrogen) atoms. The molecule has 0 saturated heterocycles. The monoisotopic (exact) mass is 370 g/mol. The van der Waals surface area contributed by atoms with Crippen LogP contribution in [-0.4, -0.2) is 12.7 Å². The van der Waals surface area contributed by atoms with Gasteiger partial charge in [-0.05, 0) is 48.0 Å². The molecule has 2 aromatic rings. The van der Waals surface area contributed by atoms with Gasteiger partial charge < -0.3 is 9.64 Å². The highest BCUT2D eigenvalue weighted by Gasteiger charge is 2.31. The zero-order valence-electron chi connectivity index (χ0n) is 11.1. The molecule has 0 fully saturated rings. The average molecular weight is 371 g/mol. The number of nitrogens with zero attached hydrogens (tertiary/aromatic N) is 2. The van der Waals surface area contributed by atoms with E-state index in [1.807, 2.05) is 23.1 Å².